The summed E-state index contributed by atoms with van der Waals surface area (Å²) in [6.07, 6.45) is 2.42. The van der Waals surface area contributed by atoms with E-state index >= 15 is 0 Å². The van der Waals surface area contributed by atoms with Crippen molar-refractivity contribution >= 4 is 18.1 Å². The van der Waals surface area contributed by atoms with Gasteiger partial charge >= 0.3 is 12.2 Å². The molecule has 2 aliphatic rings. The number of hydrogen-bond donors (Lipinski definition) is 1. The van der Waals surface area contributed by atoms with Crippen LogP contribution in [0.1, 0.15) is 80.6 Å². The molecular formula is C21H37N2O5+. The number of amides is 3. The summed E-state index contributed by atoms with van der Waals surface area (Å²) in [7, 11) is 0. The maximum atomic E-state index is 12.9. The summed E-state index contributed by atoms with van der Waals surface area (Å²) in [5, 5.41) is 9.99. The van der Waals surface area contributed by atoms with Crippen LogP contribution in [0.4, 0.5) is 9.59 Å². The summed E-state index contributed by atoms with van der Waals surface area (Å²) in [6.45, 7) is 13.0. The summed E-state index contributed by atoms with van der Waals surface area (Å²) in [6, 6.07) is -0.628. The molecule has 1 aliphatic heterocycles. The van der Waals surface area contributed by atoms with Crippen LogP contribution < -0.4 is 0 Å². The molecule has 3 atom stereocenters. The Kier molecular flexibility index (Phi) is 6.19. The minimum Gasteiger partial charge on any atom is -0.435 e. The summed E-state index contributed by atoms with van der Waals surface area (Å²) in [5.41, 5.74) is -0.496. The predicted molar refractivity (Wildman–Crippen MR) is 106 cm³/mol. The van der Waals surface area contributed by atoms with Crippen molar-refractivity contribution in [1.82, 2.24) is 4.90 Å². The van der Waals surface area contributed by atoms with Gasteiger partial charge < -0.3 is 14.7 Å². The maximum Gasteiger partial charge on any atom is 0.527 e. The molecule has 1 aliphatic carbocycles. The monoisotopic (exact) mass is 397 g/mol. The van der Waals surface area contributed by atoms with Crippen molar-refractivity contribution in [2.75, 3.05) is 6.54 Å². The first-order valence-corrected chi connectivity index (χ1v) is 10.3. The third-order valence-corrected chi connectivity index (χ3v) is 6.38. The lowest BCUT2D eigenvalue weighted by Crippen LogP contribution is -2.61. The molecule has 1 saturated heterocycles. The molecule has 28 heavy (non-hydrogen) atoms. The highest BCUT2D eigenvalue weighted by Gasteiger charge is 2.60. The van der Waals surface area contributed by atoms with Crippen LogP contribution in [-0.2, 0) is 9.53 Å². The third-order valence-electron chi connectivity index (χ3n) is 6.38. The van der Waals surface area contributed by atoms with Crippen molar-refractivity contribution in [3.05, 3.63) is 0 Å². The fourth-order valence-electron chi connectivity index (χ4n) is 4.78. The zero-order valence-corrected chi connectivity index (χ0v) is 18.4. The smallest absolute Gasteiger partial charge is 0.435 e. The highest BCUT2D eigenvalue weighted by atomic mass is 16.6. The number of likely N-dealkylation sites (tertiary alicyclic amines) is 1. The van der Waals surface area contributed by atoms with Gasteiger partial charge in [0.05, 0.1) is 6.04 Å². The standard InChI is InChI=1S/C21H36N2O5/c1-14-12-17(13-23(14,18(25)26)19(27)28-20(3,4)5)22(15(2)24)16-8-10-21(6,7)11-9-16/h14,16-17H,8-13H2,1-7H3/p+1/t14?,17-,23?/m0/s1. The average Bonchev–Trinajstić information content (AvgIpc) is 2.85. The van der Waals surface area contributed by atoms with Crippen LogP contribution in [-0.4, -0.2) is 62.9 Å². The quantitative estimate of drug-likeness (QED) is 0.699. The van der Waals surface area contributed by atoms with Crippen molar-refractivity contribution in [3.8, 4) is 0 Å². The molecule has 2 fully saturated rings. The minimum absolute atomic E-state index is 0.0449. The van der Waals surface area contributed by atoms with Crippen LogP contribution >= 0.6 is 0 Å². The van der Waals surface area contributed by atoms with Gasteiger partial charge in [-0.05, 0) is 58.8 Å². The van der Waals surface area contributed by atoms with Gasteiger partial charge in [0.2, 0.25) is 5.91 Å². The lowest BCUT2D eigenvalue weighted by molar-refractivity contribution is -0.797. The van der Waals surface area contributed by atoms with Gasteiger partial charge in [-0.3, -0.25) is 4.79 Å². The molecule has 0 spiro atoms. The Morgan fingerprint density at radius 2 is 1.64 bits per heavy atom. The zero-order valence-electron chi connectivity index (χ0n) is 18.4. The number of hydrogen-bond acceptors (Lipinski definition) is 4. The molecule has 160 valence electrons. The summed E-state index contributed by atoms with van der Waals surface area (Å²) >= 11 is 0. The van der Waals surface area contributed by atoms with E-state index in [1.54, 1.807) is 34.6 Å². The highest BCUT2D eigenvalue weighted by molar-refractivity contribution is 5.77. The molecule has 0 aromatic heterocycles. The molecule has 0 aromatic rings. The number of nitrogens with zero attached hydrogens (tertiary/aromatic N) is 2. The van der Waals surface area contributed by atoms with Crippen molar-refractivity contribution in [3.63, 3.8) is 0 Å². The first kappa shape index (κ1) is 22.7. The van der Waals surface area contributed by atoms with Gasteiger partial charge in [-0.15, -0.1) is 4.48 Å². The second-order valence-corrected chi connectivity index (χ2v) is 10.4. The Morgan fingerprint density at radius 3 is 2.07 bits per heavy atom. The van der Waals surface area contributed by atoms with Crippen LogP contribution in [0, 0.1) is 5.41 Å². The van der Waals surface area contributed by atoms with Crippen LogP contribution in [0.5, 0.6) is 0 Å². The number of carbonyl (C=O) groups is 3. The third kappa shape index (κ3) is 4.50. The summed E-state index contributed by atoms with van der Waals surface area (Å²) in [4.78, 5) is 39.5. The minimum atomic E-state index is -1.21. The average molecular weight is 398 g/mol. The number of quaternary nitrogens is 1. The molecule has 0 bridgehead atoms. The topological polar surface area (TPSA) is 83.9 Å². The van der Waals surface area contributed by atoms with Crippen LogP contribution in [0.2, 0.25) is 0 Å². The van der Waals surface area contributed by atoms with Crippen LogP contribution in [0.25, 0.3) is 0 Å². The van der Waals surface area contributed by atoms with E-state index in [1.165, 1.54) is 0 Å². The van der Waals surface area contributed by atoms with E-state index < -0.39 is 28.3 Å². The molecule has 2 rings (SSSR count). The number of ether oxygens (including phenoxy) is 1. The van der Waals surface area contributed by atoms with E-state index in [1.807, 2.05) is 4.90 Å². The van der Waals surface area contributed by atoms with E-state index in [4.69, 9.17) is 4.74 Å². The number of carboxylic acid groups (broad SMARTS) is 1. The highest BCUT2D eigenvalue weighted by Crippen LogP contribution is 2.40. The molecule has 2 unspecified atom stereocenters. The van der Waals surface area contributed by atoms with Crippen molar-refractivity contribution in [2.45, 2.75) is 104 Å². The Balaban J connectivity index is 2.28. The lowest BCUT2D eigenvalue weighted by Gasteiger charge is -2.42. The zero-order chi connectivity index (χ0) is 21.5. The number of rotatable bonds is 2. The lowest BCUT2D eigenvalue weighted by atomic mass is 9.75. The van der Waals surface area contributed by atoms with Crippen LogP contribution in [0.15, 0.2) is 0 Å². The molecule has 3 amide bonds. The van der Waals surface area contributed by atoms with Gasteiger partial charge in [-0.2, -0.15) is 9.59 Å². The maximum absolute atomic E-state index is 12.9. The molecule has 0 radical (unpaired) electrons. The Hall–Kier alpha value is -1.63. The SMILES string of the molecule is CC(=O)N(C1CCC(C)(C)CC1)[C@H]1CC(C)[N+](C(=O)O)(C(=O)OC(C)(C)C)C1. The van der Waals surface area contributed by atoms with E-state index in [9.17, 15) is 19.5 Å². The Bertz CT molecular complexity index is 629. The first-order chi connectivity index (χ1) is 12.7. The second kappa shape index (κ2) is 7.65. The van der Waals surface area contributed by atoms with Gasteiger partial charge in [0.1, 0.15) is 18.2 Å². The fraction of sp³-hybridized carbons (Fsp3) is 0.857. The Morgan fingerprint density at radius 1 is 1.11 bits per heavy atom. The molecule has 7 heteroatoms. The number of imide groups is 1. The second-order valence-electron chi connectivity index (χ2n) is 10.4. The molecular weight excluding hydrogens is 360 g/mol. The summed E-state index contributed by atoms with van der Waals surface area (Å²) in [5.74, 6) is -0.0449. The van der Waals surface area contributed by atoms with Gasteiger partial charge in [0.15, 0.2) is 0 Å². The van der Waals surface area contributed by atoms with Gasteiger partial charge in [-0.25, -0.2) is 0 Å². The molecule has 7 nitrogen and oxygen atoms in total. The molecule has 1 saturated carbocycles. The van der Waals surface area contributed by atoms with Gasteiger partial charge in [0.25, 0.3) is 0 Å². The first-order valence-electron chi connectivity index (χ1n) is 10.3. The number of carbonyl (C=O) groups excluding carboxylic acids is 2. The predicted octanol–water partition coefficient (Wildman–Crippen LogP) is 4.39. The van der Waals surface area contributed by atoms with E-state index in [-0.39, 0.29) is 30.0 Å². The molecule has 1 N–H and O–H groups in total. The van der Waals surface area contributed by atoms with Gasteiger partial charge in [-0.1, -0.05) is 13.8 Å². The fourth-order valence-corrected chi connectivity index (χ4v) is 4.78. The Labute approximate surface area is 168 Å². The van der Waals surface area contributed by atoms with Crippen molar-refractivity contribution in [2.24, 2.45) is 5.41 Å². The normalized spacial score (nSPS) is 30.7. The van der Waals surface area contributed by atoms with Crippen LogP contribution in [0.3, 0.4) is 0 Å². The van der Waals surface area contributed by atoms with Crippen molar-refractivity contribution in [1.29, 1.82) is 0 Å². The molecule has 0 aromatic carbocycles. The van der Waals surface area contributed by atoms with Crippen molar-refractivity contribution < 1.29 is 28.7 Å². The largest absolute Gasteiger partial charge is 0.527 e. The van der Waals surface area contributed by atoms with Gasteiger partial charge in [0, 0.05) is 19.4 Å². The molecule has 1 heterocycles. The summed E-state index contributed by atoms with van der Waals surface area (Å²) < 4.78 is 4.69. The van der Waals surface area contributed by atoms with E-state index in [2.05, 4.69) is 13.8 Å². The van der Waals surface area contributed by atoms with E-state index in [0.29, 0.717) is 6.42 Å². The van der Waals surface area contributed by atoms with E-state index in [0.717, 1.165) is 25.7 Å².